The maximum absolute atomic E-state index is 12.2. The lowest BCUT2D eigenvalue weighted by atomic mass is 10.1. The third-order valence-corrected chi connectivity index (χ3v) is 3.84. The van der Waals surface area contributed by atoms with E-state index in [9.17, 15) is 4.79 Å². The molecule has 2 unspecified atom stereocenters. The molecular formula is C14H29N3O. The van der Waals surface area contributed by atoms with Crippen LogP contribution < -0.4 is 5.32 Å². The maximum atomic E-state index is 12.2. The zero-order valence-corrected chi connectivity index (χ0v) is 12.4. The quantitative estimate of drug-likeness (QED) is 0.716. The predicted molar refractivity (Wildman–Crippen MR) is 75.4 cm³/mol. The van der Waals surface area contributed by atoms with Crippen molar-refractivity contribution in [2.75, 3.05) is 26.2 Å². The fraction of sp³-hybridized carbons (Fsp3) is 0.929. The van der Waals surface area contributed by atoms with Crippen molar-refractivity contribution in [1.29, 1.82) is 0 Å². The Bertz CT molecular complexity index is 253. The summed E-state index contributed by atoms with van der Waals surface area (Å²) >= 11 is 0. The highest BCUT2D eigenvalue weighted by Crippen LogP contribution is 2.14. The van der Waals surface area contributed by atoms with Gasteiger partial charge in [0.1, 0.15) is 0 Å². The highest BCUT2D eigenvalue weighted by molar-refractivity contribution is 5.84. The molecular weight excluding hydrogens is 226 g/mol. The van der Waals surface area contributed by atoms with Crippen molar-refractivity contribution in [3.05, 3.63) is 0 Å². The molecule has 0 aromatic rings. The predicted octanol–water partition coefficient (Wildman–Crippen LogP) is 1.66. The van der Waals surface area contributed by atoms with Crippen molar-refractivity contribution in [1.82, 2.24) is 15.1 Å². The maximum Gasteiger partial charge on any atom is 0.241 e. The van der Waals surface area contributed by atoms with E-state index in [1.807, 2.05) is 4.90 Å². The van der Waals surface area contributed by atoms with E-state index < -0.39 is 0 Å². The fourth-order valence-electron chi connectivity index (χ4n) is 2.65. The molecule has 1 fully saturated rings. The van der Waals surface area contributed by atoms with Gasteiger partial charge in [0.25, 0.3) is 0 Å². The number of nitrogens with zero attached hydrogens (tertiary/aromatic N) is 2. The van der Waals surface area contributed by atoms with Crippen molar-refractivity contribution in [2.45, 2.75) is 59.2 Å². The lowest BCUT2D eigenvalue weighted by Crippen LogP contribution is -2.37. The molecule has 1 aliphatic rings. The molecule has 4 nitrogen and oxygen atoms in total. The van der Waals surface area contributed by atoms with Crippen LogP contribution in [0.15, 0.2) is 0 Å². The minimum Gasteiger partial charge on any atom is -0.326 e. The largest absolute Gasteiger partial charge is 0.326 e. The number of hydrogen-bond donors (Lipinski definition) is 1. The topological polar surface area (TPSA) is 35.6 Å². The van der Waals surface area contributed by atoms with Gasteiger partial charge in [0.15, 0.2) is 0 Å². The van der Waals surface area contributed by atoms with E-state index in [4.69, 9.17) is 0 Å². The van der Waals surface area contributed by atoms with Gasteiger partial charge >= 0.3 is 0 Å². The first-order chi connectivity index (χ1) is 8.63. The van der Waals surface area contributed by atoms with Crippen molar-refractivity contribution >= 4 is 5.91 Å². The van der Waals surface area contributed by atoms with Gasteiger partial charge in [0.2, 0.25) is 5.91 Å². The summed E-state index contributed by atoms with van der Waals surface area (Å²) in [5.41, 5.74) is 0. The summed E-state index contributed by atoms with van der Waals surface area (Å²) in [5.74, 6) is 0.295. The summed E-state index contributed by atoms with van der Waals surface area (Å²) in [6.07, 6.45) is 3.28. The van der Waals surface area contributed by atoms with Crippen molar-refractivity contribution in [2.24, 2.45) is 0 Å². The lowest BCUT2D eigenvalue weighted by molar-refractivity contribution is -0.130. The second kappa shape index (κ2) is 7.74. The Morgan fingerprint density at radius 2 is 1.94 bits per heavy atom. The standard InChI is InChI=1S/C14H29N3O/c1-5-9-13-14(18)17(12(4)15-13)11-8-10-16(6-2)7-3/h12-13,15H,5-11H2,1-4H3. The first-order valence-electron chi connectivity index (χ1n) is 7.42. The van der Waals surface area contributed by atoms with Crippen LogP contribution in [-0.2, 0) is 4.79 Å². The van der Waals surface area contributed by atoms with Gasteiger partial charge in [-0.1, -0.05) is 27.2 Å². The van der Waals surface area contributed by atoms with Crippen LogP contribution >= 0.6 is 0 Å². The number of carbonyl (C=O) groups excluding carboxylic acids is 1. The van der Waals surface area contributed by atoms with Crippen molar-refractivity contribution in [3.63, 3.8) is 0 Å². The summed E-state index contributed by atoms with van der Waals surface area (Å²) in [6, 6.07) is 0.0541. The highest BCUT2D eigenvalue weighted by atomic mass is 16.2. The van der Waals surface area contributed by atoms with Crippen LogP contribution in [0.1, 0.15) is 47.0 Å². The second-order valence-corrected chi connectivity index (χ2v) is 5.10. The van der Waals surface area contributed by atoms with E-state index in [1.54, 1.807) is 0 Å². The Balaban J connectivity index is 2.35. The van der Waals surface area contributed by atoms with E-state index >= 15 is 0 Å². The number of hydrogen-bond acceptors (Lipinski definition) is 3. The second-order valence-electron chi connectivity index (χ2n) is 5.10. The van der Waals surface area contributed by atoms with Gasteiger partial charge < -0.3 is 9.80 Å². The first-order valence-corrected chi connectivity index (χ1v) is 7.42. The smallest absolute Gasteiger partial charge is 0.241 e. The zero-order valence-electron chi connectivity index (χ0n) is 12.4. The minimum absolute atomic E-state index is 0.0541. The van der Waals surface area contributed by atoms with Crippen LogP contribution in [0.25, 0.3) is 0 Å². The summed E-state index contributed by atoms with van der Waals surface area (Å²) in [4.78, 5) is 16.6. The minimum atomic E-state index is 0.0541. The van der Waals surface area contributed by atoms with Crippen LogP contribution in [0.5, 0.6) is 0 Å². The number of nitrogens with one attached hydrogen (secondary N) is 1. The Hall–Kier alpha value is -0.610. The van der Waals surface area contributed by atoms with Gasteiger partial charge in [-0.2, -0.15) is 0 Å². The van der Waals surface area contributed by atoms with E-state index in [0.29, 0.717) is 5.91 Å². The molecule has 0 saturated carbocycles. The number of carbonyl (C=O) groups is 1. The molecule has 0 spiro atoms. The fourth-order valence-corrected chi connectivity index (χ4v) is 2.65. The molecule has 0 aromatic heterocycles. The number of amides is 1. The van der Waals surface area contributed by atoms with Crippen LogP contribution in [0, 0.1) is 0 Å². The third kappa shape index (κ3) is 3.95. The molecule has 106 valence electrons. The Morgan fingerprint density at radius 3 is 2.50 bits per heavy atom. The summed E-state index contributed by atoms with van der Waals surface area (Å²) < 4.78 is 0. The van der Waals surface area contributed by atoms with Gasteiger partial charge in [0, 0.05) is 6.54 Å². The molecule has 18 heavy (non-hydrogen) atoms. The van der Waals surface area contributed by atoms with Crippen LogP contribution in [-0.4, -0.2) is 54.1 Å². The molecule has 0 aliphatic carbocycles. The molecule has 1 N–H and O–H groups in total. The van der Waals surface area contributed by atoms with E-state index in [2.05, 4.69) is 37.9 Å². The monoisotopic (exact) mass is 255 g/mol. The van der Waals surface area contributed by atoms with Crippen LogP contribution in [0.4, 0.5) is 0 Å². The van der Waals surface area contributed by atoms with Gasteiger partial charge in [-0.25, -0.2) is 0 Å². The highest BCUT2D eigenvalue weighted by Gasteiger charge is 2.34. The summed E-state index contributed by atoms with van der Waals surface area (Å²) in [6.45, 7) is 12.7. The normalized spacial score (nSPS) is 24.3. The zero-order chi connectivity index (χ0) is 13.5. The third-order valence-electron chi connectivity index (χ3n) is 3.84. The molecule has 1 rings (SSSR count). The molecule has 1 saturated heterocycles. The van der Waals surface area contributed by atoms with Crippen molar-refractivity contribution < 1.29 is 4.79 Å². The molecule has 0 aromatic carbocycles. The van der Waals surface area contributed by atoms with Gasteiger partial charge in [-0.05, 0) is 39.4 Å². The molecule has 4 heteroatoms. The van der Waals surface area contributed by atoms with E-state index in [1.165, 1.54) is 0 Å². The van der Waals surface area contributed by atoms with Crippen molar-refractivity contribution in [3.8, 4) is 0 Å². The van der Waals surface area contributed by atoms with E-state index in [-0.39, 0.29) is 12.2 Å². The number of rotatable bonds is 8. The molecule has 1 amide bonds. The SMILES string of the molecule is CCCC1NC(C)N(CCCN(CC)CC)C1=O. The molecule has 0 bridgehead atoms. The Morgan fingerprint density at radius 1 is 1.28 bits per heavy atom. The first kappa shape index (κ1) is 15.4. The average Bonchev–Trinajstić information content (AvgIpc) is 2.62. The average molecular weight is 255 g/mol. The molecule has 2 atom stereocenters. The molecule has 1 aliphatic heterocycles. The molecule has 0 radical (unpaired) electrons. The summed E-state index contributed by atoms with van der Waals surface area (Å²) in [5, 5.41) is 3.38. The van der Waals surface area contributed by atoms with Gasteiger partial charge in [-0.15, -0.1) is 0 Å². The van der Waals surface area contributed by atoms with Gasteiger partial charge in [-0.3, -0.25) is 10.1 Å². The molecule has 1 heterocycles. The van der Waals surface area contributed by atoms with Crippen LogP contribution in [0.2, 0.25) is 0 Å². The summed E-state index contributed by atoms with van der Waals surface area (Å²) in [7, 11) is 0. The van der Waals surface area contributed by atoms with E-state index in [0.717, 1.165) is 45.4 Å². The Kier molecular flexibility index (Phi) is 6.65. The Labute approximate surface area is 112 Å². The lowest BCUT2D eigenvalue weighted by Gasteiger charge is -2.23. The van der Waals surface area contributed by atoms with Crippen LogP contribution in [0.3, 0.4) is 0 Å². The van der Waals surface area contributed by atoms with Gasteiger partial charge in [0.05, 0.1) is 12.2 Å².